The molecule has 0 heterocycles. The largest absolute Gasteiger partial charge is 0.426 e. The number of carbonyl (C=O) groups is 1. The molecule has 1 fully saturated rings. The molecule has 0 spiro atoms. The van der Waals surface area contributed by atoms with Gasteiger partial charge in [-0.3, -0.25) is 4.79 Å². The van der Waals surface area contributed by atoms with Crippen LogP contribution in [0.5, 0.6) is 5.75 Å². The molecule has 1 aromatic rings. The van der Waals surface area contributed by atoms with Gasteiger partial charge in [-0.15, -0.1) is 0 Å². The Morgan fingerprint density at radius 3 is 2.45 bits per heavy atom. The molecule has 0 aliphatic heterocycles. The molecule has 0 saturated heterocycles. The van der Waals surface area contributed by atoms with E-state index in [4.69, 9.17) is 4.74 Å². The van der Waals surface area contributed by atoms with Crippen LogP contribution < -0.4 is 4.74 Å². The number of rotatable bonds is 6. The number of esters is 1. The Labute approximate surface area is 133 Å². The van der Waals surface area contributed by atoms with Gasteiger partial charge in [-0.1, -0.05) is 33.1 Å². The van der Waals surface area contributed by atoms with Crippen LogP contribution in [0.2, 0.25) is 0 Å². The minimum Gasteiger partial charge on any atom is -0.426 e. The molecule has 0 bridgehead atoms. The van der Waals surface area contributed by atoms with Gasteiger partial charge >= 0.3 is 5.97 Å². The van der Waals surface area contributed by atoms with Crippen molar-refractivity contribution in [3.05, 3.63) is 30.1 Å². The molecule has 122 valence electrons. The Kier molecular flexibility index (Phi) is 6.41. The van der Waals surface area contributed by atoms with E-state index >= 15 is 0 Å². The summed E-state index contributed by atoms with van der Waals surface area (Å²) < 4.78 is 18.2. The normalized spacial score (nSPS) is 23.0. The van der Waals surface area contributed by atoms with Crippen LogP contribution in [0.3, 0.4) is 0 Å². The highest BCUT2D eigenvalue weighted by Crippen LogP contribution is 2.36. The zero-order chi connectivity index (χ0) is 15.9. The Morgan fingerprint density at radius 1 is 1.23 bits per heavy atom. The molecule has 1 aliphatic carbocycles. The van der Waals surface area contributed by atoms with E-state index in [2.05, 4.69) is 13.8 Å². The van der Waals surface area contributed by atoms with Crippen molar-refractivity contribution in [2.24, 2.45) is 17.8 Å². The van der Waals surface area contributed by atoms with Crippen molar-refractivity contribution < 1.29 is 13.9 Å². The molecule has 3 heteroatoms. The lowest BCUT2D eigenvalue weighted by Crippen LogP contribution is -2.27. The Hall–Kier alpha value is -1.38. The quantitative estimate of drug-likeness (QED) is 0.522. The van der Waals surface area contributed by atoms with E-state index < -0.39 is 0 Å². The van der Waals surface area contributed by atoms with Crippen molar-refractivity contribution in [2.75, 3.05) is 0 Å². The van der Waals surface area contributed by atoms with Gasteiger partial charge < -0.3 is 4.74 Å². The zero-order valence-corrected chi connectivity index (χ0v) is 13.7. The molecule has 1 unspecified atom stereocenters. The Bertz CT molecular complexity index is 461. The maximum atomic E-state index is 12.8. The molecule has 1 aromatic carbocycles. The van der Waals surface area contributed by atoms with Gasteiger partial charge in [-0.25, -0.2) is 4.39 Å². The topological polar surface area (TPSA) is 26.3 Å². The first kappa shape index (κ1) is 17.0. The molecule has 1 saturated carbocycles. The molecule has 0 N–H and O–H groups in total. The SMILES string of the molecule is CCCCC(C)C1CCC(C(=O)Oc2ccc(F)cc2)CC1. The third kappa shape index (κ3) is 4.82. The predicted molar refractivity (Wildman–Crippen MR) is 86.2 cm³/mol. The maximum absolute atomic E-state index is 12.8. The van der Waals surface area contributed by atoms with Crippen molar-refractivity contribution in [1.82, 2.24) is 0 Å². The third-order valence-electron chi connectivity index (χ3n) is 4.96. The molecule has 0 amide bonds. The number of ether oxygens (including phenoxy) is 1. The molecular weight excluding hydrogens is 279 g/mol. The summed E-state index contributed by atoms with van der Waals surface area (Å²) in [6, 6.07) is 5.64. The van der Waals surface area contributed by atoms with Gasteiger partial charge in [0.1, 0.15) is 11.6 Å². The second kappa shape index (κ2) is 8.30. The zero-order valence-electron chi connectivity index (χ0n) is 13.7. The number of halogens is 1. The molecule has 2 rings (SSSR count). The minimum atomic E-state index is -0.318. The fourth-order valence-electron chi connectivity index (χ4n) is 3.39. The second-order valence-electron chi connectivity index (χ2n) is 6.61. The van der Waals surface area contributed by atoms with Crippen LogP contribution >= 0.6 is 0 Å². The van der Waals surface area contributed by atoms with Gasteiger partial charge in [0.15, 0.2) is 0 Å². The fraction of sp³-hybridized carbons (Fsp3) is 0.632. The number of hydrogen-bond acceptors (Lipinski definition) is 2. The minimum absolute atomic E-state index is 0.000298. The van der Waals surface area contributed by atoms with Crippen LogP contribution in [0.4, 0.5) is 4.39 Å². The van der Waals surface area contributed by atoms with Crippen LogP contribution in [-0.4, -0.2) is 5.97 Å². The molecule has 0 radical (unpaired) electrons. The monoisotopic (exact) mass is 306 g/mol. The van der Waals surface area contributed by atoms with Crippen LogP contribution in [0.25, 0.3) is 0 Å². The fourth-order valence-corrected chi connectivity index (χ4v) is 3.39. The van der Waals surface area contributed by atoms with E-state index in [1.54, 1.807) is 0 Å². The average molecular weight is 306 g/mol. The van der Waals surface area contributed by atoms with Crippen LogP contribution in [0, 0.1) is 23.6 Å². The standard InChI is InChI=1S/C19H27FO2/c1-3-4-5-14(2)15-6-8-16(9-7-15)19(21)22-18-12-10-17(20)11-13-18/h10-16H,3-9H2,1-2H3. The Morgan fingerprint density at radius 2 is 1.86 bits per heavy atom. The highest BCUT2D eigenvalue weighted by molar-refractivity contribution is 5.75. The lowest BCUT2D eigenvalue weighted by molar-refractivity contribution is -0.140. The van der Waals surface area contributed by atoms with Crippen LogP contribution in [-0.2, 0) is 4.79 Å². The molecule has 22 heavy (non-hydrogen) atoms. The predicted octanol–water partition coefficient (Wildman–Crippen LogP) is 5.36. The summed E-state index contributed by atoms with van der Waals surface area (Å²) in [7, 11) is 0. The van der Waals surface area contributed by atoms with E-state index in [0.717, 1.165) is 37.5 Å². The van der Waals surface area contributed by atoms with E-state index in [0.29, 0.717) is 5.75 Å². The molecule has 1 atom stereocenters. The van der Waals surface area contributed by atoms with Crippen molar-refractivity contribution in [2.45, 2.75) is 58.8 Å². The summed E-state index contributed by atoms with van der Waals surface area (Å²) in [5, 5.41) is 0. The summed E-state index contributed by atoms with van der Waals surface area (Å²) in [6.45, 7) is 4.58. The highest BCUT2D eigenvalue weighted by atomic mass is 19.1. The van der Waals surface area contributed by atoms with E-state index in [1.807, 2.05) is 0 Å². The second-order valence-corrected chi connectivity index (χ2v) is 6.61. The van der Waals surface area contributed by atoms with Gasteiger partial charge in [-0.2, -0.15) is 0 Å². The molecule has 2 nitrogen and oxygen atoms in total. The van der Waals surface area contributed by atoms with Gasteiger partial charge in [0.25, 0.3) is 0 Å². The van der Waals surface area contributed by atoms with Gasteiger partial charge in [0.05, 0.1) is 5.92 Å². The maximum Gasteiger partial charge on any atom is 0.314 e. The first-order chi connectivity index (χ1) is 10.6. The van der Waals surface area contributed by atoms with Crippen molar-refractivity contribution in [3.8, 4) is 5.75 Å². The summed E-state index contributed by atoms with van der Waals surface area (Å²) in [4.78, 5) is 12.2. The van der Waals surface area contributed by atoms with E-state index in [9.17, 15) is 9.18 Å². The summed E-state index contributed by atoms with van der Waals surface area (Å²) >= 11 is 0. The first-order valence-electron chi connectivity index (χ1n) is 8.57. The number of hydrogen-bond donors (Lipinski definition) is 0. The van der Waals surface area contributed by atoms with Crippen molar-refractivity contribution in [3.63, 3.8) is 0 Å². The van der Waals surface area contributed by atoms with Crippen molar-refractivity contribution >= 4 is 5.97 Å². The van der Waals surface area contributed by atoms with Gasteiger partial charge in [0.2, 0.25) is 0 Å². The summed E-state index contributed by atoms with van der Waals surface area (Å²) in [6.07, 6.45) is 7.92. The number of carbonyl (C=O) groups excluding carboxylic acids is 1. The molecule has 1 aliphatic rings. The number of benzene rings is 1. The van der Waals surface area contributed by atoms with Crippen molar-refractivity contribution in [1.29, 1.82) is 0 Å². The first-order valence-corrected chi connectivity index (χ1v) is 8.57. The van der Waals surface area contributed by atoms with Gasteiger partial charge in [0, 0.05) is 0 Å². The van der Waals surface area contributed by atoms with Gasteiger partial charge in [-0.05, 0) is 61.8 Å². The smallest absolute Gasteiger partial charge is 0.314 e. The van der Waals surface area contributed by atoms with E-state index in [-0.39, 0.29) is 17.7 Å². The third-order valence-corrected chi connectivity index (χ3v) is 4.96. The summed E-state index contributed by atoms with van der Waals surface area (Å²) in [5.74, 6) is 1.47. The average Bonchev–Trinajstić information content (AvgIpc) is 2.55. The van der Waals surface area contributed by atoms with E-state index in [1.165, 1.54) is 43.5 Å². The van der Waals surface area contributed by atoms with Crippen LogP contribution in [0.1, 0.15) is 58.8 Å². The molecular formula is C19H27FO2. The lowest BCUT2D eigenvalue weighted by atomic mass is 9.75. The molecule has 0 aromatic heterocycles. The van der Waals surface area contributed by atoms with Crippen LogP contribution in [0.15, 0.2) is 24.3 Å². The number of unbranched alkanes of at least 4 members (excludes halogenated alkanes) is 1. The highest BCUT2D eigenvalue weighted by Gasteiger charge is 2.29. The Balaban J connectivity index is 1.78. The summed E-state index contributed by atoms with van der Waals surface area (Å²) in [5.41, 5.74) is 0. The lowest BCUT2D eigenvalue weighted by Gasteiger charge is -2.31.